The van der Waals surface area contributed by atoms with Crippen molar-refractivity contribution in [2.24, 2.45) is 5.41 Å². The third kappa shape index (κ3) is 2.20. The Morgan fingerprint density at radius 1 is 0.917 bits per heavy atom. The van der Waals surface area contributed by atoms with Gasteiger partial charge in [0.1, 0.15) is 0 Å². The van der Waals surface area contributed by atoms with E-state index in [9.17, 15) is 14.4 Å². The summed E-state index contributed by atoms with van der Waals surface area (Å²) in [4.78, 5) is 30.4. The summed E-state index contributed by atoms with van der Waals surface area (Å²) in [6.07, 6.45) is 0. The number of rotatable bonds is 3. The van der Waals surface area contributed by atoms with Crippen LogP contribution in [0, 0.1) is 5.41 Å². The number of carbonyl (C=O) groups is 3. The van der Waals surface area contributed by atoms with Gasteiger partial charge in [-0.3, -0.25) is 14.4 Å². The van der Waals surface area contributed by atoms with Gasteiger partial charge in [0.25, 0.3) is 5.41 Å². The Morgan fingerprint density at radius 2 is 1.08 bits per heavy atom. The summed E-state index contributed by atoms with van der Waals surface area (Å²) < 4.78 is 0. The van der Waals surface area contributed by atoms with Crippen molar-refractivity contribution in [1.82, 2.24) is 0 Å². The fourth-order valence-corrected chi connectivity index (χ4v) is 0.274. The standard InChI is InChI=1S/C5H6O6.Na.H/c1-5(2(6)7,3(8)9)4(10)11;;/h1H3,(H,6,7)(H,8,9)(H,10,11);;. The number of aliphatic carboxylic acids is 3. The van der Waals surface area contributed by atoms with E-state index < -0.39 is 23.3 Å². The van der Waals surface area contributed by atoms with Gasteiger partial charge >= 0.3 is 47.5 Å². The SMILES string of the molecule is CC(C(=O)O)(C(=O)O)C(=O)O.[NaH]. The maximum absolute atomic E-state index is 10.1. The van der Waals surface area contributed by atoms with E-state index in [0.717, 1.165) is 0 Å². The van der Waals surface area contributed by atoms with Crippen LogP contribution in [0.5, 0.6) is 0 Å². The van der Waals surface area contributed by atoms with Gasteiger partial charge in [0.05, 0.1) is 0 Å². The van der Waals surface area contributed by atoms with Gasteiger partial charge < -0.3 is 15.3 Å². The van der Waals surface area contributed by atoms with Gasteiger partial charge in [-0.25, -0.2) is 0 Å². The summed E-state index contributed by atoms with van der Waals surface area (Å²) in [5.41, 5.74) is -2.75. The maximum atomic E-state index is 10.1. The van der Waals surface area contributed by atoms with E-state index in [1.165, 1.54) is 0 Å². The molecule has 0 aromatic rings. The molecule has 0 amide bonds. The second-order valence-electron chi connectivity index (χ2n) is 2.04. The van der Waals surface area contributed by atoms with Crippen molar-refractivity contribution < 1.29 is 29.7 Å². The molecule has 0 bridgehead atoms. The average Bonchev–Trinajstić information content (AvgIpc) is 1.84. The van der Waals surface area contributed by atoms with Crippen LogP contribution in [-0.2, 0) is 14.4 Å². The summed E-state index contributed by atoms with van der Waals surface area (Å²) in [7, 11) is 0. The summed E-state index contributed by atoms with van der Waals surface area (Å²) >= 11 is 0. The van der Waals surface area contributed by atoms with E-state index in [4.69, 9.17) is 15.3 Å². The molecule has 0 aliphatic rings. The van der Waals surface area contributed by atoms with Crippen LogP contribution in [0.3, 0.4) is 0 Å². The van der Waals surface area contributed by atoms with Gasteiger partial charge in [-0.05, 0) is 6.92 Å². The zero-order chi connectivity index (χ0) is 9.23. The van der Waals surface area contributed by atoms with Gasteiger partial charge in [0.2, 0.25) is 0 Å². The van der Waals surface area contributed by atoms with Crippen LogP contribution < -0.4 is 0 Å². The Bertz CT molecular complexity index is 186. The van der Waals surface area contributed by atoms with Crippen LogP contribution >= 0.6 is 0 Å². The van der Waals surface area contributed by atoms with Crippen molar-refractivity contribution in [3.8, 4) is 0 Å². The van der Waals surface area contributed by atoms with Crippen LogP contribution in [0.15, 0.2) is 0 Å². The first kappa shape index (κ1) is 14.0. The molecule has 0 spiro atoms. The van der Waals surface area contributed by atoms with E-state index in [1.807, 2.05) is 0 Å². The van der Waals surface area contributed by atoms with Crippen molar-refractivity contribution in [2.45, 2.75) is 6.92 Å². The summed E-state index contributed by atoms with van der Waals surface area (Å²) in [6, 6.07) is 0. The second kappa shape index (κ2) is 4.44. The fourth-order valence-electron chi connectivity index (χ4n) is 0.274. The average molecular weight is 186 g/mol. The van der Waals surface area contributed by atoms with Crippen LogP contribution in [-0.4, -0.2) is 62.8 Å². The molecule has 12 heavy (non-hydrogen) atoms. The first-order chi connectivity index (χ1) is 4.83. The molecule has 64 valence electrons. The van der Waals surface area contributed by atoms with Crippen molar-refractivity contribution in [2.75, 3.05) is 0 Å². The van der Waals surface area contributed by atoms with Crippen molar-refractivity contribution in [3.63, 3.8) is 0 Å². The predicted octanol–water partition coefficient (Wildman–Crippen LogP) is -1.40. The van der Waals surface area contributed by atoms with E-state index in [-0.39, 0.29) is 29.6 Å². The zero-order valence-electron chi connectivity index (χ0n) is 5.57. The molecule has 0 rings (SSSR count). The molecule has 0 aliphatic carbocycles. The molecule has 0 saturated heterocycles. The topological polar surface area (TPSA) is 112 Å². The van der Waals surface area contributed by atoms with Crippen LogP contribution in [0.4, 0.5) is 0 Å². The van der Waals surface area contributed by atoms with Gasteiger partial charge in [0.15, 0.2) is 0 Å². The van der Waals surface area contributed by atoms with Crippen molar-refractivity contribution in [3.05, 3.63) is 0 Å². The molecule has 3 N–H and O–H groups in total. The molecular formula is C5H7NaO6. The molecule has 0 aromatic heterocycles. The molecule has 0 unspecified atom stereocenters. The van der Waals surface area contributed by atoms with E-state index in [1.54, 1.807) is 0 Å². The molecule has 0 heterocycles. The number of hydrogen-bond donors (Lipinski definition) is 3. The Hall–Kier alpha value is -0.590. The number of carboxylic acid groups (broad SMARTS) is 3. The van der Waals surface area contributed by atoms with Crippen molar-refractivity contribution >= 4 is 47.5 Å². The van der Waals surface area contributed by atoms with E-state index in [0.29, 0.717) is 6.92 Å². The number of carboxylic acids is 3. The molecule has 0 atom stereocenters. The molecule has 0 aliphatic heterocycles. The minimum absolute atomic E-state index is 0. The Labute approximate surface area is 89.5 Å². The van der Waals surface area contributed by atoms with Gasteiger partial charge in [-0.2, -0.15) is 0 Å². The predicted molar refractivity (Wildman–Crippen MR) is 38.2 cm³/mol. The number of hydrogen-bond acceptors (Lipinski definition) is 3. The zero-order valence-corrected chi connectivity index (χ0v) is 5.57. The van der Waals surface area contributed by atoms with Gasteiger partial charge in [-0.1, -0.05) is 0 Å². The normalized spacial score (nSPS) is 9.75. The quantitative estimate of drug-likeness (QED) is 0.369. The molecular weight excluding hydrogens is 179 g/mol. The molecule has 0 aromatic carbocycles. The first-order valence-electron chi connectivity index (χ1n) is 2.53. The van der Waals surface area contributed by atoms with E-state index in [2.05, 4.69) is 0 Å². The van der Waals surface area contributed by atoms with Crippen LogP contribution in [0.2, 0.25) is 0 Å². The van der Waals surface area contributed by atoms with Gasteiger partial charge in [0, 0.05) is 0 Å². The summed E-state index contributed by atoms with van der Waals surface area (Å²) in [5, 5.41) is 24.6. The fraction of sp³-hybridized carbons (Fsp3) is 0.400. The van der Waals surface area contributed by atoms with Crippen LogP contribution in [0.25, 0.3) is 0 Å². The molecule has 0 saturated carbocycles. The van der Waals surface area contributed by atoms with Crippen molar-refractivity contribution in [1.29, 1.82) is 0 Å². The molecule has 7 heteroatoms. The summed E-state index contributed by atoms with van der Waals surface area (Å²) in [6.45, 7) is 0.611. The molecule has 0 radical (unpaired) electrons. The first-order valence-corrected chi connectivity index (χ1v) is 2.53. The Balaban J connectivity index is 0. The second-order valence-corrected chi connectivity index (χ2v) is 2.04. The minimum atomic E-state index is -2.75. The third-order valence-electron chi connectivity index (χ3n) is 1.28. The molecule has 0 fully saturated rings. The van der Waals surface area contributed by atoms with Crippen LogP contribution in [0.1, 0.15) is 6.92 Å². The van der Waals surface area contributed by atoms with E-state index >= 15 is 0 Å². The summed E-state index contributed by atoms with van der Waals surface area (Å²) in [5.74, 6) is -5.67. The monoisotopic (exact) mass is 186 g/mol. The van der Waals surface area contributed by atoms with Gasteiger partial charge in [-0.15, -0.1) is 0 Å². The Morgan fingerprint density at radius 3 is 1.08 bits per heavy atom. The molecule has 6 nitrogen and oxygen atoms in total. The Kier molecular flexibility index (Phi) is 5.17. The third-order valence-corrected chi connectivity index (χ3v) is 1.28.